The second-order valence-corrected chi connectivity index (χ2v) is 4.93. The molecule has 1 saturated carbocycles. The number of hydrogen-bond acceptors (Lipinski definition) is 3. The molecule has 1 aromatic carbocycles. The molecule has 4 nitrogen and oxygen atoms in total. The van der Waals surface area contributed by atoms with Crippen LogP contribution in [0.25, 0.3) is 10.9 Å². The second-order valence-electron chi connectivity index (χ2n) is 4.93. The summed E-state index contributed by atoms with van der Waals surface area (Å²) in [4.78, 5) is 16.8. The summed E-state index contributed by atoms with van der Waals surface area (Å²) in [7, 11) is 1.75. The average Bonchev–Trinajstić information content (AvgIpc) is 3.03. The molecule has 0 aliphatic heterocycles. The van der Waals surface area contributed by atoms with Crippen LogP contribution in [0.15, 0.2) is 23.0 Å². The SMILES string of the molecule is Cc1cccc2c(=O)n(C)c(C3(N)CC3)nc12. The fraction of sp³-hybridized carbons (Fsp3) is 0.385. The normalized spacial score (nSPS) is 17.4. The second kappa shape index (κ2) is 3.17. The van der Waals surface area contributed by atoms with Crippen molar-refractivity contribution in [3.05, 3.63) is 39.9 Å². The first-order valence-electron chi connectivity index (χ1n) is 5.79. The summed E-state index contributed by atoms with van der Waals surface area (Å²) in [6.07, 6.45) is 1.81. The molecule has 0 atom stereocenters. The Morgan fingerprint density at radius 2 is 2.12 bits per heavy atom. The van der Waals surface area contributed by atoms with Crippen LogP contribution in [0.2, 0.25) is 0 Å². The summed E-state index contributed by atoms with van der Waals surface area (Å²) < 4.78 is 1.59. The first kappa shape index (κ1) is 10.5. The molecule has 1 aliphatic rings. The third-order valence-corrected chi connectivity index (χ3v) is 3.54. The minimum absolute atomic E-state index is 0.00887. The standard InChI is InChI=1S/C13H15N3O/c1-8-4-3-5-9-10(8)15-12(13(14)6-7-13)16(2)11(9)17/h3-5H,6-7,14H2,1-2H3. The molecule has 1 aromatic heterocycles. The van der Waals surface area contributed by atoms with Crippen molar-refractivity contribution in [2.45, 2.75) is 25.3 Å². The van der Waals surface area contributed by atoms with E-state index in [0.29, 0.717) is 11.2 Å². The largest absolute Gasteiger partial charge is 0.319 e. The molecule has 1 fully saturated rings. The van der Waals surface area contributed by atoms with Gasteiger partial charge >= 0.3 is 0 Å². The smallest absolute Gasteiger partial charge is 0.261 e. The number of nitrogens with zero attached hydrogens (tertiary/aromatic N) is 2. The molecule has 1 aliphatic carbocycles. The van der Waals surface area contributed by atoms with Crippen molar-refractivity contribution >= 4 is 10.9 Å². The molecule has 0 spiro atoms. The van der Waals surface area contributed by atoms with Gasteiger partial charge in [0.15, 0.2) is 0 Å². The molecule has 2 N–H and O–H groups in total. The molecule has 2 aromatic rings. The van der Waals surface area contributed by atoms with Crippen LogP contribution in [0.1, 0.15) is 24.2 Å². The Morgan fingerprint density at radius 1 is 1.41 bits per heavy atom. The lowest BCUT2D eigenvalue weighted by molar-refractivity contribution is 0.608. The first-order chi connectivity index (χ1) is 8.03. The Labute approximate surface area is 99.1 Å². The number of aromatic nitrogens is 2. The predicted octanol–water partition coefficient (Wildman–Crippen LogP) is 1.19. The van der Waals surface area contributed by atoms with Crippen LogP contribution in [0.4, 0.5) is 0 Å². The van der Waals surface area contributed by atoms with E-state index in [2.05, 4.69) is 4.98 Å². The molecule has 0 saturated heterocycles. The number of fused-ring (bicyclic) bond motifs is 1. The number of nitrogens with two attached hydrogens (primary N) is 1. The van der Waals surface area contributed by atoms with Crippen molar-refractivity contribution in [3.63, 3.8) is 0 Å². The Kier molecular flexibility index (Phi) is 1.95. The van der Waals surface area contributed by atoms with Crippen molar-refractivity contribution in [3.8, 4) is 0 Å². The van der Waals surface area contributed by atoms with Crippen molar-refractivity contribution < 1.29 is 0 Å². The third-order valence-electron chi connectivity index (χ3n) is 3.54. The number of aryl methyl sites for hydroxylation is 1. The zero-order chi connectivity index (χ0) is 12.2. The number of rotatable bonds is 1. The molecule has 3 rings (SSSR count). The van der Waals surface area contributed by atoms with Crippen LogP contribution in [0.5, 0.6) is 0 Å². The molecule has 88 valence electrons. The van der Waals surface area contributed by atoms with E-state index >= 15 is 0 Å². The Hall–Kier alpha value is -1.68. The lowest BCUT2D eigenvalue weighted by Crippen LogP contribution is -2.32. The molecule has 4 heteroatoms. The zero-order valence-corrected chi connectivity index (χ0v) is 10.0. The van der Waals surface area contributed by atoms with E-state index in [0.717, 1.165) is 23.9 Å². The van der Waals surface area contributed by atoms with Crippen LogP contribution >= 0.6 is 0 Å². The van der Waals surface area contributed by atoms with Crippen molar-refractivity contribution in [2.24, 2.45) is 12.8 Å². The summed E-state index contributed by atoms with van der Waals surface area (Å²) in [5.74, 6) is 0.712. The van der Waals surface area contributed by atoms with E-state index in [4.69, 9.17) is 5.73 Å². The highest BCUT2D eigenvalue weighted by atomic mass is 16.1. The quantitative estimate of drug-likeness (QED) is 0.799. The van der Waals surface area contributed by atoms with Crippen molar-refractivity contribution in [2.75, 3.05) is 0 Å². The van der Waals surface area contributed by atoms with Crippen LogP contribution in [0, 0.1) is 6.92 Å². The van der Waals surface area contributed by atoms with E-state index in [1.165, 1.54) is 0 Å². The Bertz CT molecular complexity index is 668. The van der Waals surface area contributed by atoms with Gasteiger partial charge in [0, 0.05) is 7.05 Å². The summed E-state index contributed by atoms with van der Waals surface area (Å²) in [6.45, 7) is 1.97. The summed E-state index contributed by atoms with van der Waals surface area (Å²) in [5.41, 5.74) is 7.56. The van der Waals surface area contributed by atoms with Gasteiger partial charge in [-0.15, -0.1) is 0 Å². The Morgan fingerprint density at radius 3 is 2.76 bits per heavy atom. The van der Waals surface area contributed by atoms with Gasteiger partial charge in [-0.05, 0) is 31.4 Å². The zero-order valence-electron chi connectivity index (χ0n) is 10.0. The lowest BCUT2D eigenvalue weighted by atomic mass is 10.1. The van der Waals surface area contributed by atoms with Gasteiger partial charge in [0.25, 0.3) is 5.56 Å². The third kappa shape index (κ3) is 1.41. The molecule has 0 bridgehead atoms. The highest BCUT2D eigenvalue weighted by molar-refractivity contribution is 5.80. The first-order valence-corrected chi connectivity index (χ1v) is 5.79. The van der Waals surface area contributed by atoms with Crippen molar-refractivity contribution in [1.29, 1.82) is 0 Å². The van der Waals surface area contributed by atoms with Crippen LogP contribution < -0.4 is 11.3 Å². The van der Waals surface area contributed by atoms with Crippen molar-refractivity contribution in [1.82, 2.24) is 9.55 Å². The fourth-order valence-corrected chi connectivity index (χ4v) is 2.24. The van der Waals surface area contributed by atoms with Gasteiger partial charge in [-0.25, -0.2) is 4.98 Å². The van der Waals surface area contributed by atoms with Gasteiger partial charge in [0.2, 0.25) is 0 Å². The number of benzene rings is 1. The summed E-state index contributed by atoms with van der Waals surface area (Å²) >= 11 is 0. The molecule has 0 unspecified atom stereocenters. The number of hydrogen-bond donors (Lipinski definition) is 1. The summed E-state index contributed by atoms with van der Waals surface area (Å²) in [6, 6.07) is 5.67. The number of para-hydroxylation sites is 1. The van der Waals surface area contributed by atoms with E-state index in [1.54, 1.807) is 11.6 Å². The van der Waals surface area contributed by atoms with Crippen LogP contribution in [-0.4, -0.2) is 9.55 Å². The molecule has 17 heavy (non-hydrogen) atoms. The van der Waals surface area contributed by atoms with Gasteiger partial charge in [-0.1, -0.05) is 12.1 Å². The van der Waals surface area contributed by atoms with Crippen LogP contribution in [0.3, 0.4) is 0 Å². The van der Waals surface area contributed by atoms with Gasteiger partial charge in [0.1, 0.15) is 5.82 Å². The maximum absolute atomic E-state index is 12.2. The van der Waals surface area contributed by atoms with Crippen LogP contribution in [-0.2, 0) is 12.6 Å². The molecule has 0 radical (unpaired) electrons. The minimum atomic E-state index is -0.385. The maximum Gasteiger partial charge on any atom is 0.261 e. The maximum atomic E-state index is 12.2. The molecular formula is C13H15N3O. The lowest BCUT2D eigenvalue weighted by Gasteiger charge is -2.14. The van der Waals surface area contributed by atoms with E-state index < -0.39 is 0 Å². The monoisotopic (exact) mass is 229 g/mol. The fourth-order valence-electron chi connectivity index (χ4n) is 2.24. The van der Waals surface area contributed by atoms with E-state index in [-0.39, 0.29) is 11.1 Å². The summed E-state index contributed by atoms with van der Waals surface area (Å²) in [5, 5.41) is 0.667. The molecular weight excluding hydrogens is 214 g/mol. The predicted molar refractivity (Wildman–Crippen MR) is 66.8 cm³/mol. The Balaban J connectivity index is 2.44. The molecule has 1 heterocycles. The topological polar surface area (TPSA) is 60.9 Å². The average molecular weight is 229 g/mol. The van der Waals surface area contributed by atoms with Gasteiger partial charge in [-0.3, -0.25) is 9.36 Å². The minimum Gasteiger partial charge on any atom is -0.319 e. The van der Waals surface area contributed by atoms with E-state index in [9.17, 15) is 4.79 Å². The van der Waals surface area contributed by atoms with Gasteiger partial charge in [0.05, 0.1) is 16.4 Å². The van der Waals surface area contributed by atoms with Gasteiger partial charge in [-0.2, -0.15) is 0 Å². The highest BCUT2D eigenvalue weighted by Gasteiger charge is 2.43. The highest BCUT2D eigenvalue weighted by Crippen LogP contribution is 2.41. The van der Waals surface area contributed by atoms with E-state index in [1.807, 2.05) is 25.1 Å². The van der Waals surface area contributed by atoms with Gasteiger partial charge < -0.3 is 5.73 Å². The molecule has 0 amide bonds.